The maximum Gasteiger partial charge on any atom is 0.307 e. The van der Waals surface area contributed by atoms with Crippen molar-refractivity contribution in [1.82, 2.24) is 0 Å². The van der Waals surface area contributed by atoms with Gasteiger partial charge in [-0.3, -0.25) is 4.79 Å². The van der Waals surface area contributed by atoms with Crippen LogP contribution in [0.4, 0.5) is 4.39 Å². The Hall–Kier alpha value is -3.64. The molecule has 0 radical (unpaired) electrons. The van der Waals surface area contributed by atoms with Crippen LogP contribution in [-0.4, -0.2) is 11.1 Å². The van der Waals surface area contributed by atoms with Crippen molar-refractivity contribution in [1.29, 1.82) is 0 Å². The van der Waals surface area contributed by atoms with Gasteiger partial charge in [-0.25, -0.2) is 4.39 Å². The van der Waals surface area contributed by atoms with Crippen LogP contribution >= 0.6 is 0 Å². The number of benzene rings is 3. The Morgan fingerprint density at radius 2 is 1.78 bits per heavy atom. The van der Waals surface area contributed by atoms with Gasteiger partial charge in [-0.05, 0) is 41.0 Å². The third kappa shape index (κ3) is 5.15. The molecule has 0 saturated carbocycles. The SMILES string of the molecule is CC.NCc1cccc(-c2ccc3occ(COc4c(F)cccc4CC(=O)O)c3c2)c1. The molecule has 1 aromatic heterocycles. The van der Waals surface area contributed by atoms with Gasteiger partial charge in [0.25, 0.3) is 0 Å². The molecule has 0 aliphatic heterocycles. The number of fused-ring (bicyclic) bond motifs is 1. The zero-order chi connectivity index (χ0) is 23.1. The van der Waals surface area contributed by atoms with Crippen molar-refractivity contribution in [3.63, 3.8) is 0 Å². The fraction of sp³-hybridized carbons (Fsp3) is 0.192. The lowest BCUT2D eigenvalue weighted by Crippen LogP contribution is -2.05. The molecule has 0 aliphatic rings. The number of rotatable bonds is 7. The summed E-state index contributed by atoms with van der Waals surface area (Å²) in [6.07, 6.45) is 1.25. The first-order valence-corrected chi connectivity index (χ1v) is 10.5. The highest BCUT2D eigenvalue weighted by atomic mass is 19.1. The molecule has 0 fully saturated rings. The van der Waals surface area contributed by atoms with Crippen molar-refractivity contribution < 1.29 is 23.4 Å². The van der Waals surface area contributed by atoms with Crippen molar-refractivity contribution in [3.8, 4) is 16.9 Å². The molecule has 6 heteroatoms. The van der Waals surface area contributed by atoms with E-state index >= 15 is 0 Å². The van der Waals surface area contributed by atoms with E-state index in [1.54, 1.807) is 12.3 Å². The first-order chi connectivity index (χ1) is 15.5. The highest BCUT2D eigenvalue weighted by molar-refractivity contribution is 5.86. The molecule has 4 rings (SSSR count). The average Bonchev–Trinajstić information content (AvgIpc) is 3.22. The quantitative estimate of drug-likeness (QED) is 0.376. The number of carbonyl (C=O) groups is 1. The van der Waals surface area contributed by atoms with Gasteiger partial charge in [0.1, 0.15) is 12.2 Å². The van der Waals surface area contributed by atoms with E-state index in [1.165, 1.54) is 12.1 Å². The summed E-state index contributed by atoms with van der Waals surface area (Å²) in [6, 6.07) is 18.1. The van der Waals surface area contributed by atoms with Crippen molar-refractivity contribution in [3.05, 3.63) is 89.4 Å². The van der Waals surface area contributed by atoms with Gasteiger partial charge in [0, 0.05) is 23.1 Å². The number of carboxylic acids is 1. The number of furan rings is 1. The summed E-state index contributed by atoms with van der Waals surface area (Å²) in [7, 11) is 0. The van der Waals surface area contributed by atoms with E-state index in [0.29, 0.717) is 12.1 Å². The van der Waals surface area contributed by atoms with Crippen LogP contribution in [0.5, 0.6) is 5.75 Å². The van der Waals surface area contributed by atoms with Crippen molar-refractivity contribution in [2.45, 2.75) is 33.4 Å². The minimum absolute atomic E-state index is 0.0485. The van der Waals surface area contributed by atoms with Crippen molar-refractivity contribution in [2.24, 2.45) is 5.73 Å². The number of nitrogens with two attached hydrogens (primary N) is 1. The second-order valence-electron chi connectivity index (χ2n) is 6.96. The normalized spacial score (nSPS) is 10.5. The zero-order valence-corrected chi connectivity index (χ0v) is 18.1. The molecule has 5 nitrogen and oxygen atoms in total. The summed E-state index contributed by atoms with van der Waals surface area (Å²) in [5, 5.41) is 9.90. The van der Waals surface area contributed by atoms with Crippen LogP contribution < -0.4 is 10.5 Å². The Kier molecular flexibility index (Phi) is 7.63. The molecular formula is C26H26FNO4. The molecule has 0 bridgehead atoms. The van der Waals surface area contributed by atoms with Crippen LogP contribution in [0.15, 0.2) is 71.3 Å². The fourth-order valence-electron chi connectivity index (χ4n) is 3.42. The van der Waals surface area contributed by atoms with Gasteiger partial charge in [-0.15, -0.1) is 0 Å². The third-order valence-corrected chi connectivity index (χ3v) is 4.91. The van der Waals surface area contributed by atoms with Crippen LogP contribution in [0, 0.1) is 5.82 Å². The van der Waals surface area contributed by atoms with Gasteiger partial charge in [0.05, 0.1) is 12.7 Å². The largest absolute Gasteiger partial charge is 0.485 e. The van der Waals surface area contributed by atoms with E-state index in [-0.39, 0.29) is 24.3 Å². The Morgan fingerprint density at radius 1 is 1.03 bits per heavy atom. The molecule has 0 unspecified atom stereocenters. The molecule has 0 atom stereocenters. The number of hydrogen-bond donors (Lipinski definition) is 2. The lowest BCUT2D eigenvalue weighted by Gasteiger charge is -2.11. The first-order valence-electron chi connectivity index (χ1n) is 10.5. The predicted octanol–water partition coefficient (Wildman–Crippen LogP) is 5.93. The van der Waals surface area contributed by atoms with Gasteiger partial charge in [-0.1, -0.05) is 50.2 Å². The second-order valence-corrected chi connectivity index (χ2v) is 6.96. The zero-order valence-electron chi connectivity index (χ0n) is 18.1. The minimum Gasteiger partial charge on any atom is -0.485 e. The van der Waals surface area contributed by atoms with E-state index in [9.17, 15) is 9.18 Å². The summed E-state index contributed by atoms with van der Waals surface area (Å²) in [5.74, 6) is -1.70. The highest BCUT2D eigenvalue weighted by Gasteiger charge is 2.15. The van der Waals surface area contributed by atoms with Crippen LogP contribution in [0.25, 0.3) is 22.1 Å². The summed E-state index contributed by atoms with van der Waals surface area (Å²) in [4.78, 5) is 11.1. The van der Waals surface area contributed by atoms with Gasteiger partial charge >= 0.3 is 5.97 Å². The first kappa shape index (κ1) is 23.0. The molecule has 166 valence electrons. The van der Waals surface area contributed by atoms with Crippen molar-refractivity contribution in [2.75, 3.05) is 0 Å². The van der Waals surface area contributed by atoms with Crippen LogP contribution in [-0.2, 0) is 24.4 Å². The Labute approximate surface area is 186 Å². The summed E-state index contributed by atoms with van der Waals surface area (Å²) < 4.78 is 25.5. The van der Waals surface area contributed by atoms with Crippen LogP contribution in [0.1, 0.15) is 30.5 Å². The molecule has 0 saturated heterocycles. The molecule has 3 aromatic carbocycles. The molecule has 32 heavy (non-hydrogen) atoms. The van der Waals surface area contributed by atoms with Gasteiger partial charge in [0.2, 0.25) is 0 Å². The molecule has 4 aromatic rings. The van der Waals surface area contributed by atoms with E-state index < -0.39 is 11.8 Å². The summed E-state index contributed by atoms with van der Waals surface area (Å²) in [6.45, 7) is 4.51. The van der Waals surface area contributed by atoms with Gasteiger partial charge < -0.3 is 20.0 Å². The number of para-hydroxylation sites is 1. The third-order valence-electron chi connectivity index (χ3n) is 4.91. The Balaban J connectivity index is 0.00000141. The van der Waals surface area contributed by atoms with E-state index in [4.69, 9.17) is 20.0 Å². The topological polar surface area (TPSA) is 85.7 Å². The number of ether oxygens (including phenoxy) is 1. The van der Waals surface area contributed by atoms with Crippen LogP contribution in [0.3, 0.4) is 0 Å². The fourth-order valence-corrected chi connectivity index (χ4v) is 3.42. The monoisotopic (exact) mass is 435 g/mol. The molecule has 1 heterocycles. The maximum atomic E-state index is 14.2. The highest BCUT2D eigenvalue weighted by Crippen LogP contribution is 2.30. The average molecular weight is 435 g/mol. The van der Waals surface area contributed by atoms with Crippen LogP contribution in [0.2, 0.25) is 0 Å². The summed E-state index contributed by atoms with van der Waals surface area (Å²) in [5.41, 5.74) is 10.5. The Morgan fingerprint density at radius 3 is 2.53 bits per heavy atom. The molecule has 0 amide bonds. The number of hydrogen-bond acceptors (Lipinski definition) is 4. The second kappa shape index (κ2) is 10.6. The molecule has 3 N–H and O–H groups in total. The lowest BCUT2D eigenvalue weighted by molar-refractivity contribution is -0.136. The molecule has 0 aliphatic carbocycles. The molecule has 0 spiro atoms. The Bertz CT molecular complexity index is 1220. The number of aliphatic carboxylic acids is 1. The maximum absolute atomic E-state index is 14.2. The van der Waals surface area contributed by atoms with E-state index in [2.05, 4.69) is 0 Å². The number of carboxylic acid groups (broad SMARTS) is 1. The smallest absolute Gasteiger partial charge is 0.307 e. The van der Waals surface area contributed by atoms with E-state index in [0.717, 1.165) is 27.6 Å². The predicted molar refractivity (Wildman–Crippen MR) is 123 cm³/mol. The lowest BCUT2D eigenvalue weighted by atomic mass is 10.0. The van der Waals surface area contributed by atoms with E-state index in [1.807, 2.05) is 56.3 Å². The van der Waals surface area contributed by atoms with Gasteiger partial charge in [-0.2, -0.15) is 0 Å². The molecular weight excluding hydrogens is 409 g/mol. The van der Waals surface area contributed by atoms with Crippen molar-refractivity contribution >= 4 is 16.9 Å². The van der Waals surface area contributed by atoms with Gasteiger partial charge in [0.15, 0.2) is 11.6 Å². The standard InChI is InChI=1S/C24H20FNO4.C2H6/c25-21-6-2-5-18(11-23(27)28)24(21)30-14-19-13-29-22-8-7-17(10-20(19)22)16-4-1-3-15(9-16)12-26;1-2/h1-10,13H,11-12,14,26H2,(H,27,28);1-2H3. The summed E-state index contributed by atoms with van der Waals surface area (Å²) >= 11 is 0. The number of halogens is 1. The minimum atomic E-state index is -1.05.